The van der Waals surface area contributed by atoms with Crippen LogP contribution in [0.15, 0.2) is 73.1 Å². The van der Waals surface area contributed by atoms with Gasteiger partial charge in [0.25, 0.3) is 0 Å². The molecule has 0 N–H and O–H groups in total. The van der Waals surface area contributed by atoms with Crippen LogP contribution in [0, 0.1) is 0 Å². The topological polar surface area (TPSA) is 52.1 Å². The van der Waals surface area contributed by atoms with Gasteiger partial charge in [-0.3, -0.25) is 9.97 Å². The Bertz CT molecular complexity index is 1030. The number of rotatable bonds is 2. The first-order chi connectivity index (χ1) is 11.3. The van der Waals surface area contributed by atoms with Crippen LogP contribution in [-0.4, -0.2) is 15.9 Å². The molecule has 1 heterocycles. The van der Waals surface area contributed by atoms with Crippen molar-refractivity contribution in [1.82, 2.24) is 9.97 Å². The van der Waals surface area contributed by atoms with Gasteiger partial charge in [-0.1, -0.05) is 30.3 Å². The smallest absolute Gasteiger partial charge is 0.343 e. The van der Waals surface area contributed by atoms with Crippen LogP contribution >= 0.6 is 0 Å². The lowest BCUT2D eigenvalue weighted by molar-refractivity contribution is 0.0735. The molecule has 4 rings (SSSR count). The van der Waals surface area contributed by atoms with Gasteiger partial charge >= 0.3 is 5.97 Å². The maximum absolute atomic E-state index is 12.3. The van der Waals surface area contributed by atoms with E-state index in [0.717, 1.165) is 16.3 Å². The number of carbonyl (C=O) groups excluding carboxylic acids is 1. The molecule has 1 aromatic heterocycles. The van der Waals surface area contributed by atoms with Crippen molar-refractivity contribution in [3.8, 4) is 5.75 Å². The third-order valence-corrected chi connectivity index (χ3v) is 3.64. The van der Waals surface area contributed by atoms with Crippen LogP contribution in [0.4, 0.5) is 0 Å². The van der Waals surface area contributed by atoms with E-state index in [1.165, 1.54) is 0 Å². The Morgan fingerprint density at radius 2 is 1.57 bits per heavy atom. The minimum Gasteiger partial charge on any atom is -0.423 e. The molecule has 110 valence electrons. The molecule has 0 amide bonds. The molecule has 0 saturated heterocycles. The van der Waals surface area contributed by atoms with E-state index >= 15 is 0 Å². The Morgan fingerprint density at radius 3 is 2.43 bits per heavy atom. The van der Waals surface area contributed by atoms with Crippen LogP contribution in [0.25, 0.3) is 21.8 Å². The largest absolute Gasteiger partial charge is 0.423 e. The highest BCUT2D eigenvalue weighted by Crippen LogP contribution is 2.20. The SMILES string of the molecule is O=C(Oc1ccc2nccnc2c1)c1ccc2ccccc2c1. The zero-order valence-electron chi connectivity index (χ0n) is 12.1. The standard InChI is InChI=1S/C19H12N2O2/c22-19(15-6-5-13-3-1-2-4-14(13)11-15)23-16-7-8-17-18(12-16)21-10-9-20-17/h1-12H. The molecule has 0 atom stereocenters. The first-order valence-electron chi connectivity index (χ1n) is 7.21. The number of hydrogen-bond acceptors (Lipinski definition) is 4. The van der Waals surface area contributed by atoms with Gasteiger partial charge in [-0.05, 0) is 35.0 Å². The third kappa shape index (κ3) is 2.62. The summed E-state index contributed by atoms with van der Waals surface area (Å²) in [5.41, 5.74) is 1.97. The van der Waals surface area contributed by atoms with Gasteiger partial charge in [-0.15, -0.1) is 0 Å². The highest BCUT2D eigenvalue weighted by molar-refractivity contribution is 5.96. The molecule has 23 heavy (non-hydrogen) atoms. The van der Waals surface area contributed by atoms with Crippen LogP contribution in [0.5, 0.6) is 5.75 Å². The summed E-state index contributed by atoms with van der Waals surface area (Å²) in [6.45, 7) is 0. The fourth-order valence-electron chi connectivity index (χ4n) is 2.49. The van der Waals surface area contributed by atoms with Crippen LogP contribution < -0.4 is 4.74 Å². The summed E-state index contributed by atoms with van der Waals surface area (Å²) in [5, 5.41) is 2.09. The first-order valence-corrected chi connectivity index (χ1v) is 7.21. The van der Waals surface area contributed by atoms with Crippen LogP contribution in [0.2, 0.25) is 0 Å². The molecular weight excluding hydrogens is 288 g/mol. The molecule has 0 radical (unpaired) electrons. The van der Waals surface area contributed by atoms with Crippen LogP contribution in [0.3, 0.4) is 0 Å². The van der Waals surface area contributed by atoms with Crippen molar-refractivity contribution in [2.45, 2.75) is 0 Å². The molecule has 0 aliphatic heterocycles. The monoisotopic (exact) mass is 300 g/mol. The first kappa shape index (κ1) is 13.4. The summed E-state index contributed by atoms with van der Waals surface area (Å²) in [5.74, 6) is 0.0650. The van der Waals surface area contributed by atoms with E-state index in [1.54, 1.807) is 36.7 Å². The van der Waals surface area contributed by atoms with Gasteiger partial charge in [0.2, 0.25) is 0 Å². The molecule has 0 saturated carbocycles. The zero-order valence-corrected chi connectivity index (χ0v) is 12.1. The second-order valence-corrected chi connectivity index (χ2v) is 5.16. The number of aromatic nitrogens is 2. The lowest BCUT2D eigenvalue weighted by atomic mass is 10.1. The van der Waals surface area contributed by atoms with Crippen LogP contribution in [0.1, 0.15) is 10.4 Å². The highest BCUT2D eigenvalue weighted by Gasteiger charge is 2.10. The Labute approximate surface area is 132 Å². The van der Waals surface area contributed by atoms with E-state index in [-0.39, 0.29) is 5.97 Å². The lowest BCUT2D eigenvalue weighted by Gasteiger charge is -2.06. The summed E-state index contributed by atoms with van der Waals surface area (Å²) in [4.78, 5) is 20.7. The third-order valence-electron chi connectivity index (χ3n) is 3.64. The number of benzene rings is 3. The normalized spacial score (nSPS) is 10.8. The van der Waals surface area contributed by atoms with E-state index in [2.05, 4.69) is 9.97 Å². The van der Waals surface area contributed by atoms with E-state index in [9.17, 15) is 4.79 Å². The van der Waals surface area contributed by atoms with Gasteiger partial charge in [0, 0.05) is 18.5 Å². The summed E-state index contributed by atoms with van der Waals surface area (Å²) >= 11 is 0. The van der Waals surface area contributed by atoms with E-state index in [4.69, 9.17) is 4.74 Å². The zero-order chi connectivity index (χ0) is 15.6. The fraction of sp³-hybridized carbons (Fsp3) is 0. The number of esters is 1. The Morgan fingerprint density at radius 1 is 0.783 bits per heavy atom. The maximum Gasteiger partial charge on any atom is 0.343 e. The molecule has 0 bridgehead atoms. The Hall–Kier alpha value is -3.27. The van der Waals surface area contributed by atoms with Gasteiger partial charge in [-0.2, -0.15) is 0 Å². The summed E-state index contributed by atoms with van der Waals surface area (Å²) in [6, 6.07) is 18.6. The minimum atomic E-state index is -0.390. The lowest BCUT2D eigenvalue weighted by Crippen LogP contribution is -2.08. The van der Waals surface area contributed by atoms with Crippen molar-refractivity contribution in [2.24, 2.45) is 0 Å². The van der Waals surface area contributed by atoms with E-state index in [1.807, 2.05) is 36.4 Å². The van der Waals surface area contributed by atoms with Crippen molar-refractivity contribution < 1.29 is 9.53 Å². The molecule has 0 aliphatic carbocycles. The van der Waals surface area contributed by atoms with Crippen molar-refractivity contribution in [1.29, 1.82) is 0 Å². The van der Waals surface area contributed by atoms with Gasteiger partial charge < -0.3 is 4.74 Å². The predicted molar refractivity (Wildman–Crippen MR) is 88.4 cm³/mol. The molecule has 0 aliphatic rings. The van der Waals surface area contributed by atoms with Gasteiger partial charge in [0.15, 0.2) is 0 Å². The highest BCUT2D eigenvalue weighted by atomic mass is 16.5. The Balaban J connectivity index is 1.64. The molecule has 4 nitrogen and oxygen atoms in total. The average molecular weight is 300 g/mol. The van der Waals surface area contributed by atoms with Crippen molar-refractivity contribution in [2.75, 3.05) is 0 Å². The van der Waals surface area contributed by atoms with Gasteiger partial charge in [0.05, 0.1) is 16.6 Å². The minimum absolute atomic E-state index is 0.390. The number of carbonyl (C=O) groups is 1. The summed E-state index contributed by atoms with van der Waals surface area (Å²) in [7, 11) is 0. The predicted octanol–water partition coefficient (Wildman–Crippen LogP) is 4.00. The van der Waals surface area contributed by atoms with Gasteiger partial charge in [0.1, 0.15) is 5.75 Å². The summed E-state index contributed by atoms with van der Waals surface area (Å²) in [6.07, 6.45) is 3.24. The molecule has 4 heteroatoms. The number of fused-ring (bicyclic) bond motifs is 2. The van der Waals surface area contributed by atoms with Crippen LogP contribution in [-0.2, 0) is 0 Å². The molecule has 4 aromatic rings. The molecule has 0 unspecified atom stereocenters. The van der Waals surface area contributed by atoms with E-state index < -0.39 is 0 Å². The molecule has 3 aromatic carbocycles. The quantitative estimate of drug-likeness (QED) is 0.415. The second kappa shape index (κ2) is 5.50. The summed E-state index contributed by atoms with van der Waals surface area (Å²) < 4.78 is 5.45. The second-order valence-electron chi connectivity index (χ2n) is 5.16. The maximum atomic E-state index is 12.3. The number of hydrogen-bond donors (Lipinski definition) is 0. The average Bonchev–Trinajstić information content (AvgIpc) is 2.61. The number of ether oxygens (including phenoxy) is 1. The molecule has 0 spiro atoms. The van der Waals surface area contributed by atoms with E-state index in [0.29, 0.717) is 16.8 Å². The molecular formula is C19H12N2O2. The fourth-order valence-corrected chi connectivity index (χ4v) is 2.49. The van der Waals surface area contributed by atoms with Crippen molar-refractivity contribution >= 4 is 27.8 Å². The van der Waals surface area contributed by atoms with Crippen molar-refractivity contribution in [3.05, 3.63) is 78.6 Å². The van der Waals surface area contributed by atoms with Gasteiger partial charge in [-0.25, -0.2) is 4.79 Å². The number of nitrogens with zero attached hydrogens (tertiary/aromatic N) is 2. The van der Waals surface area contributed by atoms with Crippen molar-refractivity contribution in [3.63, 3.8) is 0 Å². The Kier molecular flexibility index (Phi) is 3.20. The molecule has 0 fully saturated rings.